The fourth-order valence-corrected chi connectivity index (χ4v) is 2.36. The Labute approximate surface area is 143 Å². The second-order valence-electron chi connectivity index (χ2n) is 5.25. The van der Waals surface area contributed by atoms with Gasteiger partial charge in [0.1, 0.15) is 5.65 Å². The lowest BCUT2D eigenvalue weighted by molar-refractivity contribution is -0.139. The van der Waals surface area contributed by atoms with Crippen LogP contribution in [-0.4, -0.2) is 22.5 Å². The number of halogens is 1. The smallest absolute Gasteiger partial charge is 0.311 e. The van der Waals surface area contributed by atoms with Crippen molar-refractivity contribution >= 4 is 34.7 Å². The Morgan fingerprint density at radius 3 is 2.67 bits per heavy atom. The van der Waals surface area contributed by atoms with Crippen LogP contribution in [0.25, 0.3) is 5.65 Å². The maximum absolute atomic E-state index is 11.6. The van der Waals surface area contributed by atoms with Gasteiger partial charge in [0.25, 0.3) is 0 Å². The minimum absolute atomic E-state index is 0.0339. The van der Waals surface area contributed by atoms with Crippen LogP contribution in [0.3, 0.4) is 0 Å². The average Bonchev–Trinajstić information content (AvgIpc) is 2.90. The number of esters is 1. The number of carbonyl (C=O) groups is 1. The van der Waals surface area contributed by atoms with Gasteiger partial charge in [0.05, 0.1) is 24.9 Å². The quantitative estimate of drug-likeness (QED) is 0.520. The van der Waals surface area contributed by atoms with E-state index in [1.807, 2.05) is 29.7 Å². The summed E-state index contributed by atoms with van der Waals surface area (Å²) in [6.07, 6.45) is 1.94. The van der Waals surface area contributed by atoms with Crippen LogP contribution in [0.4, 0.5) is 11.5 Å². The molecule has 2 heterocycles. The van der Waals surface area contributed by atoms with Crippen molar-refractivity contribution in [3.63, 3.8) is 0 Å². The molecule has 3 aromatic rings. The predicted octanol–water partition coefficient (Wildman–Crippen LogP) is 4.43. The van der Waals surface area contributed by atoms with Gasteiger partial charge in [0.2, 0.25) is 0 Å². The first-order valence-corrected chi connectivity index (χ1v) is 7.66. The Morgan fingerprint density at radius 1 is 1.21 bits per heavy atom. The van der Waals surface area contributed by atoms with Crippen LogP contribution in [0.2, 0.25) is 5.02 Å². The molecule has 0 bridgehead atoms. The summed E-state index contributed by atoms with van der Waals surface area (Å²) < 4.78 is 6.54. The number of pyridine rings is 1. The van der Waals surface area contributed by atoms with E-state index in [9.17, 15) is 4.79 Å². The SMILES string of the molecule is COC(=O)Cc1nc2ccc(C)cn2c1N=Nc1ccc(Cl)cc1. The monoisotopic (exact) mass is 342 g/mol. The van der Waals surface area contributed by atoms with Crippen LogP contribution in [0.1, 0.15) is 11.3 Å². The summed E-state index contributed by atoms with van der Waals surface area (Å²) in [5, 5.41) is 9.14. The van der Waals surface area contributed by atoms with Gasteiger partial charge in [-0.3, -0.25) is 9.20 Å². The predicted molar refractivity (Wildman–Crippen MR) is 91.3 cm³/mol. The fourth-order valence-electron chi connectivity index (χ4n) is 2.23. The number of ether oxygens (including phenoxy) is 1. The number of methoxy groups -OCH3 is 1. The number of aryl methyl sites for hydroxylation is 1. The van der Waals surface area contributed by atoms with Crippen molar-refractivity contribution < 1.29 is 9.53 Å². The van der Waals surface area contributed by atoms with Crippen molar-refractivity contribution in [2.24, 2.45) is 10.2 Å². The summed E-state index contributed by atoms with van der Waals surface area (Å²) in [6.45, 7) is 1.97. The van der Waals surface area contributed by atoms with Crippen LogP contribution >= 0.6 is 11.6 Å². The first kappa shape index (κ1) is 16.1. The lowest BCUT2D eigenvalue weighted by Crippen LogP contribution is -2.04. The minimum Gasteiger partial charge on any atom is -0.469 e. The van der Waals surface area contributed by atoms with Crippen molar-refractivity contribution in [1.82, 2.24) is 9.38 Å². The van der Waals surface area contributed by atoms with Gasteiger partial charge in [-0.2, -0.15) is 0 Å². The van der Waals surface area contributed by atoms with Crippen molar-refractivity contribution in [3.05, 3.63) is 58.9 Å². The Bertz CT molecular complexity index is 916. The van der Waals surface area contributed by atoms with E-state index in [1.165, 1.54) is 7.11 Å². The molecular weight excluding hydrogens is 328 g/mol. The molecule has 24 heavy (non-hydrogen) atoms. The molecule has 0 aliphatic heterocycles. The second kappa shape index (κ2) is 6.80. The summed E-state index contributed by atoms with van der Waals surface area (Å²) in [6, 6.07) is 10.8. The minimum atomic E-state index is -0.377. The third-order valence-electron chi connectivity index (χ3n) is 3.44. The highest BCUT2D eigenvalue weighted by molar-refractivity contribution is 6.30. The maximum Gasteiger partial charge on any atom is 0.311 e. The van der Waals surface area contributed by atoms with Gasteiger partial charge in [-0.1, -0.05) is 17.7 Å². The summed E-state index contributed by atoms with van der Waals surface area (Å²) in [4.78, 5) is 16.1. The number of azo groups is 1. The third-order valence-corrected chi connectivity index (χ3v) is 3.69. The molecule has 0 aliphatic carbocycles. The van der Waals surface area contributed by atoms with E-state index in [4.69, 9.17) is 16.3 Å². The molecule has 6 nitrogen and oxygen atoms in total. The number of imidazole rings is 1. The van der Waals surface area contributed by atoms with Crippen molar-refractivity contribution in [2.45, 2.75) is 13.3 Å². The van der Waals surface area contributed by atoms with E-state index in [-0.39, 0.29) is 12.4 Å². The Morgan fingerprint density at radius 2 is 1.96 bits per heavy atom. The number of carbonyl (C=O) groups excluding carboxylic acids is 1. The van der Waals surface area contributed by atoms with Crippen molar-refractivity contribution in [2.75, 3.05) is 7.11 Å². The lowest BCUT2D eigenvalue weighted by Gasteiger charge is -2.00. The molecule has 0 saturated carbocycles. The van der Waals surface area contributed by atoms with Crippen molar-refractivity contribution in [3.8, 4) is 0 Å². The molecule has 0 N–H and O–H groups in total. The van der Waals surface area contributed by atoms with Gasteiger partial charge >= 0.3 is 5.97 Å². The summed E-state index contributed by atoms with van der Waals surface area (Å²) in [5.41, 5.74) is 2.92. The standard InChI is InChI=1S/C17H15ClN4O2/c1-11-3-8-15-19-14(9-16(23)24-2)17(22(15)10-11)21-20-13-6-4-12(18)5-7-13/h3-8,10H,9H2,1-2H3. The Balaban J connectivity index is 2.05. The summed E-state index contributed by atoms with van der Waals surface area (Å²) in [5.74, 6) is 0.132. The van der Waals surface area contributed by atoms with E-state index in [0.29, 0.717) is 27.9 Å². The molecule has 0 amide bonds. The molecule has 0 aliphatic rings. The number of fused-ring (bicyclic) bond motifs is 1. The number of nitrogens with zero attached hydrogens (tertiary/aromatic N) is 4. The molecule has 1 aromatic carbocycles. The van der Waals surface area contributed by atoms with E-state index in [2.05, 4.69) is 15.2 Å². The number of hydrogen-bond acceptors (Lipinski definition) is 5. The molecule has 0 saturated heterocycles. The van der Waals surface area contributed by atoms with Gasteiger partial charge in [-0.05, 0) is 42.8 Å². The van der Waals surface area contributed by atoms with Gasteiger partial charge in [-0.15, -0.1) is 10.2 Å². The molecule has 0 radical (unpaired) electrons. The van der Waals surface area contributed by atoms with E-state index < -0.39 is 0 Å². The Hall–Kier alpha value is -2.73. The van der Waals surface area contributed by atoms with Crippen LogP contribution < -0.4 is 0 Å². The highest BCUT2D eigenvalue weighted by Gasteiger charge is 2.16. The number of hydrogen-bond donors (Lipinski definition) is 0. The van der Waals surface area contributed by atoms with Gasteiger partial charge in [-0.25, -0.2) is 4.98 Å². The number of benzene rings is 1. The summed E-state index contributed by atoms with van der Waals surface area (Å²) >= 11 is 5.87. The highest BCUT2D eigenvalue weighted by atomic mass is 35.5. The highest BCUT2D eigenvalue weighted by Crippen LogP contribution is 2.26. The van der Waals surface area contributed by atoms with Crippen LogP contribution in [0.15, 0.2) is 52.8 Å². The third kappa shape index (κ3) is 3.44. The topological polar surface area (TPSA) is 68.3 Å². The zero-order valence-corrected chi connectivity index (χ0v) is 14.0. The molecule has 3 rings (SSSR count). The van der Waals surface area contributed by atoms with Crippen LogP contribution in [0, 0.1) is 6.92 Å². The molecule has 0 fully saturated rings. The fraction of sp³-hybridized carbons (Fsp3) is 0.176. The van der Waals surface area contributed by atoms with Gasteiger partial charge in [0.15, 0.2) is 5.82 Å². The molecule has 0 unspecified atom stereocenters. The first-order valence-electron chi connectivity index (χ1n) is 7.28. The van der Waals surface area contributed by atoms with Gasteiger partial charge in [0, 0.05) is 11.2 Å². The largest absolute Gasteiger partial charge is 0.469 e. The maximum atomic E-state index is 11.6. The van der Waals surface area contributed by atoms with Crippen molar-refractivity contribution in [1.29, 1.82) is 0 Å². The Kier molecular flexibility index (Phi) is 4.57. The summed E-state index contributed by atoms with van der Waals surface area (Å²) in [7, 11) is 1.34. The zero-order chi connectivity index (χ0) is 17.1. The van der Waals surface area contributed by atoms with Gasteiger partial charge < -0.3 is 4.74 Å². The number of rotatable bonds is 4. The van der Waals surface area contributed by atoms with Crippen LogP contribution in [-0.2, 0) is 16.0 Å². The first-order chi connectivity index (χ1) is 11.6. The molecule has 2 aromatic heterocycles. The molecule has 0 atom stereocenters. The second-order valence-corrected chi connectivity index (χ2v) is 5.68. The van der Waals surface area contributed by atoms with E-state index in [0.717, 1.165) is 5.56 Å². The zero-order valence-electron chi connectivity index (χ0n) is 13.2. The normalized spacial score (nSPS) is 11.3. The number of aromatic nitrogens is 2. The van der Waals surface area contributed by atoms with Crippen LogP contribution in [0.5, 0.6) is 0 Å². The lowest BCUT2D eigenvalue weighted by atomic mass is 10.3. The van der Waals surface area contributed by atoms with E-state index in [1.54, 1.807) is 24.3 Å². The molecule has 7 heteroatoms. The molecule has 122 valence electrons. The molecule has 0 spiro atoms. The average molecular weight is 343 g/mol. The molecular formula is C17H15ClN4O2. The van der Waals surface area contributed by atoms with E-state index >= 15 is 0 Å².